The smallest absolute Gasteiger partial charge is 0.251 e. The number of anilines is 1. The lowest BCUT2D eigenvalue weighted by molar-refractivity contribution is 0.0818. The lowest BCUT2D eigenvalue weighted by Gasteiger charge is -2.30. The Morgan fingerprint density at radius 1 is 1.42 bits per heavy atom. The second kappa shape index (κ2) is 5.61. The van der Waals surface area contributed by atoms with E-state index in [9.17, 15) is 9.90 Å². The van der Waals surface area contributed by atoms with Gasteiger partial charge in [-0.15, -0.1) is 0 Å². The average molecular weight is 262 g/mol. The molecule has 1 heterocycles. The Labute approximate surface area is 114 Å². The van der Waals surface area contributed by atoms with Gasteiger partial charge in [0.1, 0.15) is 0 Å². The molecule has 4 heteroatoms. The van der Waals surface area contributed by atoms with E-state index in [1.165, 1.54) is 5.56 Å². The van der Waals surface area contributed by atoms with E-state index in [-0.39, 0.29) is 12.5 Å². The Hall–Kier alpha value is -1.55. The van der Waals surface area contributed by atoms with Gasteiger partial charge in [-0.25, -0.2) is 0 Å². The van der Waals surface area contributed by atoms with Crippen LogP contribution in [0.5, 0.6) is 0 Å². The number of carbonyl (C=O) groups is 1. The first-order valence-electron chi connectivity index (χ1n) is 6.94. The highest BCUT2D eigenvalue weighted by Gasteiger charge is 2.27. The number of amides is 1. The maximum absolute atomic E-state index is 12.3. The number of hydrogen-bond donors (Lipinski definition) is 3. The number of aliphatic hydroxyl groups is 1. The highest BCUT2D eigenvalue weighted by atomic mass is 16.3. The number of carbonyl (C=O) groups excluding carboxylic acids is 1. The van der Waals surface area contributed by atoms with Gasteiger partial charge in [0, 0.05) is 17.8 Å². The zero-order valence-corrected chi connectivity index (χ0v) is 11.6. The minimum atomic E-state index is -0.510. The van der Waals surface area contributed by atoms with Crippen molar-refractivity contribution in [2.75, 3.05) is 18.5 Å². The maximum atomic E-state index is 12.3. The van der Waals surface area contributed by atoms with Gasteiger partial charge in [0.05, 0.1) is 12.1 Å². The third-order valence-corrected chi connectivity index (χ3v) is 4.12. The first kappa shape index (κ1) is 13.9. The van der Waals surface area contributed by atoms with Gasteiger partial charge in [-0.3, -0.25) is 4.79 Å². The van der Waals surface area contributed by atoms with Crippen LogP contribution in [0, 0.1) is 0 Å². The molecule has 1 aromatic carbocycles. The summed E-state index contributed by atoms with van der Waals surface area (Å²) in [4.78, 5) is 12.3. The molecule has 0 saturated carbocycles. The summed E-state index contributed by atoms with van der Waals surface area (Å²) in [6.45, 7) is 4.86. The molecule has 1 aliphatic heterocycles. The average Bonchev–Trinajstić information content (AvgIpc) is 2.92. The Morgan fingerprint density at radius 2 is 2.16 bits per heavy atom. The largest absolute Gasteiger partial charge is 0.394 e. The maximum Gasteiger partial charge on any atom is 0.251 e. The lowest BCUT2D eigenvalue weighted by Crippen LogP contribution is -2.50. The van der Waals surface area contributed by atoms with Crippen LogP contribution in [0.3, 0.4) is 0 Å². The van der Waals surface area contributed by atoms with E-state index in [0.717, 1.165) is 31.5 Å². The van der Waals surface area contributed by atoms with Gasteiger partial charge in [0.15, 0.2) is 0 Å². The molecule has 0 saturated heterocycles. The molecule has 2 rings (SSSR count). The predicted octanol–water partition coefficient (Wildman–Crippen LogP) is 1.94. The van der Waals surface area contributed by atoms with E-state index in [1.807, 2.05) is 32.0 Å². The number of aliphatic hydroxyl groups excluding tert-OH is 1. The van der Waals surface area contributed by atoms with Crippen molar-refractivity contribution in [3.8, 4) is 0 Å². The molecule has 104 valence electrons. The standard InChI is InChI=1S/C15H22N2O2/c1-3-15(4-2,10-18)17-14(19)12-6-5-11-7-8-16-13(11)9-12/h5-6,9,16,18H,3-4,7-8,10H2,1-2H3,(H,17,19). The quantitative estimate of drug-likeness (QED) is 0.760. The number of nitrogens with one attached hydrogen (secondary N) is 2. The molecule has 1 amide bonds. The van der Waals surface area contributed by atoms with Gasteiger partial charge >= 0.3 is 0 Å². The number of rotatable bonds is 5. The molecular formula is C15H22N2O2. The van der Waals surface area contributed by atoms with Crippen LogP contribution >= 0.6 is 0 Å². The van der Waals surface area contributed by atoms with Gasteiger partial charge in [-0.1, -0.05) is 19.9 Å². The molecule has 0 atom stereocenters. The van der Waals surface area contributed by atoms with Crippen molar-refractivity contribution in [2.24, 2.45) is 0 Å². The van der Waals surface area contributed by atoms with Gasteiger partial charge in [-0.2, -0.15) is 0 Å². The van der Waals surface area contributed by atoms with Crippen molar-refractivity contribution < 1.29 is 9.90 Å². The van der Waals surface area contributed by atoms with E-state index >= 15 is 0 Å². The fourth-order valence-electron chi connectivity index (χ4n) is 2.44. The molecule has 4 nitrogen and oxygen atoms in total. The van der Waals surface area contributed by atoms with Crippen LogP contribution in [-0.4, -0.2) is 29.7 Å². The van der Waals surface area contributed by atoms with E-state index in [2.05, 4.69) is 10.6 Å². The van der Waals surface area contributed by atoms with Gasteiger partial charge in [0.25, 0.3) is 5.91 Å². The molecule has 0 spiro atoms. The predicted molar refractivity (Wildman–Crippen MR) is 76.5 cm³/mol. The molecule has 1 aromatic rings. The molecule has 0 aromatic heterocycles. The fraction of sp³-hybridized carbons (Fsp3) is 0.533. The number of benzene rings is 1. The number of hydrogen-bond acceptors (Lipinski definition) is 3. The molecule has 0 unspecified atom stereocenters. The zero-order chi connectivity index (χ0) is 13.9. The van der Waals surface area contributed by atoms with Crippen LogP contribution in [0.1, 0.15) is 42.6 Å². The first-order chi connectivity index (χ1) is 9.14. The Balaban J connectivity index is 2.16. The Kier molecular flexibility index (Phi) is 4.10. The zero-order valence-electron chi connectivity index (χ0n) is 11.6. The SMILES string of the molecule is CCC(CC)(CO)NC(=O)c1ccc2c(c1)NCC2. The monoisotopic (exact) mass is 262 g/mol. The molecule has 0 fully saturated rings. The van der Waals surface area contributed by atoms with Crippen LogP contribution < -0.4 is 10.6 Å². The highest BCUT2D eigenvalue weighted by Crippen LogP contribution is 2.24. The minimum absolute atomic E-state index is 0.0328. The summed E-state index contributed by atoms with van der Waals surface area (Å²) in [5, 5.41) is 15.7. The molecule has 3 N–H and O–H groups in total. The summed E-state index contributed by atoms with van der Waals surface area (Å²) < 4.78 is 0. The summed E-state index contributed by atoms with van der Waals surface area (Å²) in [7, 11) is 0. The van der Waals surface area contributed by atoms with Gasteiger partial charge < -0.3 is 15.7 Å². The Morgan fingerprint density at radius 3 is 2.79 bits per heavy atom. The number of fused-ring (bicyclic) bond motifs is 1. The van der Waals surface area contributed by atoms with Crippen LogP contribution in [0.2, 0.25) is 0 Å². The summed E-state index contributed by atoms with van der Waals surface area (Å²) in [5.74, 6) is -0.116. The van der Waals surface area contributed by atoms with E-state index in [1.54, 1.807) is 0 Å². The fourth-order valence-corrected chi connectivity index (χ4v) is 2.44. The summed E-state index contributed by atoms with van der Waals surface area (Å²) >= 11 is 0. The molecule has 1 aliphatic rings. The molecule has 0 radical (unpaired) electrons. The third kappa shape index (κ3) is 2.73. The van der Waals surface area contributed by atoms with Gasteiger partial charge in [-0.05, 0) is 37.0 Å². The second-order valence-corrected chi connectivity index (χ2v) is 5.15. The van der Waals surface area contributed by atoms with Crippen LogP contribution in [0.25, 0.3) is 0 Å². The molecule has 19 heavy (non-hydrogen) atoms. The first-order valence-corrected chi connectivity index (χ1v) is 6.94. The van der Waals surface area contributed by atoms with Crippen molar-refractivity contribution in [2.45, 2.75) is 38.6 Å². The van der Waals surface area contributed by atoms with Crippen LogP contribution in [0.15, 0.2) is 18.2 Å². The lowest BCUT2D eigenvalue weighted by atomic mass is 9.93. The van der Waals surface area contributed by atoms with Crippen molar-refractivity contribution in [3.05, 3.63) is 29.3 Å². The minimum Gasteiger partial charge on any atom is -0.394 e. The molecular weight excluding hydrogens is 240 g/mol. The van der Waals surface area contributed by atoms with Crippen LogP contribution in [-0.2, 0) is 6.42 Å². The topological polar surface area (TPSA) is 61.4 Å². The normalized spacial score (nSPS) is 13.8. The highest BCUT2D eigenvalue weighted by molar-refractivity contribution is 5.96. The summed E-state index contributed by atoms with van der Waals surface area (Å²) in [5.41, 5.74) is 2.45. The van der Waals surface area contributed by atoms with Crippen molar-refractivity contribution >= 4 is 11.6 Å². The van der Waals surface area contributed by atoms with Crippen molar-refractivity contribution in [1.29, 1.82) is 0 Å². The molecule has 0 aliphatic carbocycles. The molecule has 0 bridgehead atoms. The Bertz CT molecular complexity index is 459. The van der Waals surface area contributed by atoms with Crippen molar-refractivity contribution in [1.82, 2.24) is 5.32 Å². The third-order valence-electron chi connectivity index (χ3n) is 4.12. The van der Waals surface area contributed by atoms with E-state index < -0.39 is 5.54 Å². The summed E-state index contributed by atoms with van der Waals surface area (Å²) in [6.07, 6.45) is 2.45. The van der Waals surface area contributed by atoms with Crippen LogP contribution in [0.4, 0.5) is 5.69 Å². The van der Waals surface area contributed by atoms with E-state index in [4.69, 9.17) is 0 Å². The second-order valence-electron chi connectivity index (χ2n) is 5.15. The summed E-state index contributed by atoms with van der Waals surface area (Å²) in [6, 6.07) is 5.75. The van der Waals surface area contributed by atoms with Crippen molar-refractivity contribution in [3.63, 3.8) is 0 Å². The van der Waals surface area contributed by atoms with Gasteiger partial charge in [0.2, 0.25) is 0 Å². The van der Waals surface area contributed by atoms with E-state index in [0.29, 0.717) is 5.56 Å².